The van der Waals surface area contributed by atoms with Gasteiger partial charge in [0.25, 0.3) is 0 Å². The van der Waals surface area contributed by atoms with Crippen LogP contribution >= 0.6 is 11.3 Å². The number of hydrogen-bond acceptors (Lipinski definition) is 5. The Bertz CT molecular complexity index is 992. The van der Waals surface area contributed by atoms with E-state index in [0.717, 1.165) is 27.8 Å². The minimum atomic E-state index is -4.44. The molecule has 1 aromatic carbocycles. The van der Waals surface area contributed by atoms with Gasteiger partial charge in [-0.3, -0.25) is 0 Å². The molecular formula is C21H22F3N5OS. The number of ether oxygens (including phenoxy) is 1. The first-order valence-corrected chi connectivity index (χ1v) is 10.5. The molecule has 0 spiro atoms. The predicted octanol–water partition coefficient (Wildman–Crippen LogP) is 4.39. The van der Waals surface area contributed by atoms with Crippen LogP contribution in [0.25, 0.3) is 0 Å². The first-order valence-electron chi connectivity index (χ1n) is 9.60. The lowest BCUT2D eigenvalue weighted by Crippen LogP contribution is -2.36. The molecular weight excluding hydrogens is 427 g/mol. The number of benzene rings is 1. The highest BCUT2D eigenvalue weighted by Gasteiger charge is 2.33. The van der Waals surface area contributed by atoms with Crippen molar-refractivity contribution in [3.8, 4) is 5.88 Å². The van der Waals surface area contributed by atoms with E-state index in [4.69, 9.17) is 4.74 Å². The van der Waals surface area contributed by atoms with Crippen LogP contribution in [0.2, 0.25) is 0 Å². The molecule has 0 saturated carbocycles. The molecule has 0 amide bonds. The first kappa shape index (κ1) is 22.5. The highest BCUT2D eigenvalue weighted by molar-refractivity contribution is 7.09. The lowest BCUT2D eigenvalue weighted by molar-refractivity contribution is -0.140. The van der Waals surface area contributed by atoms with Gasteiger partial charge in [-0.25, -0.2) is 15.0 Å². The molecule has 3 rings (SSSR count). The second-order valence-corrected chi connectivity index (χ2v) is 7.36. The molecule has 31 heavy (non-hydrogen) atoms. The molecule has 0 bridgehead atoms. The zero-order valence-corrected chi connectivity index (χ0v) is 17.6. The van der Waals surface area contributed by atoms with Crippen molar-refractivity contribution in [3.63, 3.8) is 0 Å². The molecule has 0 saturated heterocycles. The van der Waals surface area contributed by atoms with Crippen molar-refractivity contribution in [2.45, 2.75) is 32.8 Å². The Morgan fingerprint density at radius 3 is 2.65 bits per heavy atom. The maximum atomic E-state index is 12.7. The minimum absolute atomic E-state index is 0.136. The fraction of sp³-hybridized carbons (Fsp3) is 0.286. The van der Waals surface area contributed by atoms with Crippen LogP contribution in [0.5, 0.6) is 5.88 Å². The largest absolute Gasteiger partial charge is 0.473 e. The third-order valence-electron chi connectivity index (χ3n) is 4.07. The van der Waals surface area contributed by atoms with E-state index >= 15 is 0 Å². The third-order valence-corrected chi connectivity index (χ3v) is 4.92. The van der Waals surface area contributed by atoms with E-state index in [1.54, 1.807) is 12.3 Å². The monoisotopic (exact) mass is 449 g/mol. The average Bonchev–Trinajstić information content (AvgIpc) is 3.25. The van der Waals surface area contributed by atoms with E-state index in [1.807, 2.05) is 43.3 Å². The van der Waals surface area contributed by atoms with Crippen LogP contribution in [-0.2, 0) is 25.9 Å². The molecule has 0 unspecified atom stereocenters. The van der Waals surface area contributed by atoms with Crippen LogP contribution in [0.4, 0.5) is 13.2 Å². The van der Waals surface area contributed by atoms with Gasteiger partial charge in [0.2, 0.25) is 5.88 Å². The lowest BCUT2D eigenvalue weighted by Gasteiger charge is -2.12. The Balaban J connectivity index is 1.63. The second kappa shape index (κ2) is 10.8. The number of nitrogens with zero attached hydrogens (tertiary/aromatic N) is 3. The zero-order valence-electron chi connectivity index (χ0n) is 16.8. The lowest BCUT2D eigenvalue weighted by atomic mass is 10.2. The van der Waals surface area contributed by atoms with Crippen molar-refractivity contribution in [1.82, 2.24) is 20.6 Å². The molecule has 0 aliphatic carbocycles. The third kappa shape index (κ3) is 6.95. The Morgan fingerprint density at radius 2 is 1.94 bits per heavy atom. The molecule has 164 valence electrons. The van der Waals surface area contributed by atoms with E-state index < -0.39 is 11.9 Å². The number of guanidine groups is 1. The molecule has 0 fully saturated rings. The van der Waals surface area contributed by atoms with Crippen molar-refractivity contribution < 1.29 is 17.9 Å². The van der Waals surface area contributed by atoms with Gasteiger partial charge in [0.05, 0.1) is 13.1 Å². The topological polar surface area (TPSA) is 71.4 Å². The molecule has 2 N–H and O–H groups in total. The van der Waals surface area contributed by atoms with Crippen LogP contribution in [0.15, 0.2) is 59.0 Å². The summed E-state index contributed by atoms with van der Waals surface area (Å²) >= 11 is 0.952. The van der Waals surface area contributed by atoms with Crippen molar-refractivity contribution in [1.29, 1.82) is 0 Å². The SMILES string of the molecule is CCNC(=NCc1cccnc1OCc1ccccc1)NCc1nc(C(F)(F)F)cs1. The van der Waals surface area contributed by atoms with Crippen molar-refractivity contribution in [2.75, 3.05) is 6.54 Å². The van der Waals surface area contributed by atoms with E-state index in [-0.39, 0.29) is 6.54 Å². The second-order valence-electron chi connectivity index (χ2n) is 6.41. The number of nitrogens with one attached hydrogen (secondary N) is 2. The number of aromatic nitrogens is 2. The van der Waals surface area contributed by atoms with E-state index in [9.17, 15) is 13.2 Å². The summed E-state index contributed by atoms with van der Waals surface area (Å²) in [7, 11) is 0. The number of hydrogen-bond donors (Lipinski definition) is 2. The Kier molecular flexibility index (Phi) is 7.82. The minimum Gasteiger partial charge on any atom is -0.473 e. The number of alkyl halides is 3. The summed E-state index contributed by atoms with van der Waals surface area (Å²) in [4.78, 5) is 12.4. The molecule has 0 aliphatic rings. The summed E-state index contributed by atoms with van der Waals surface area (Å²) in [5, 5.41) is 7.41. The summed E-state index contributed by atoms with van der Waals surface area (Å²) in [5.74, 6) is 0.949. The normalized spacial score (nSPS) is 11.9. The Labute approximate surface area is 182 Å². The van der Waals surface area contributed by atoms with Gasteiger partial charge < -0.3 is 15.4 Å². The van der Waals surface area contributed by atoms with Crippen molar-refractivity contribution >= 4 is 17.3 Å². The zero-order chi connectivity index (χ0) is 22.1. The quantitative estimate of drug-likeness (QED) is 0.394. The summed E-state index contributed by atoms with van der Waals surface area (Å²) in [6, 6.07) is 13.4. The number of thiazole rings is 1. The molecule has 0 radical (unpaired) electrons. The molecule has 6 nitrogen and oxygen atoms in total. The van der Waals surface area contributed by atoms with E-state index in [2.05, 4.69) is 25.6 Å². The average molecular weight is 450 g/mol. The fourth-order valence-corrected chi connectivity index (χ4v) is 3.33. The van der Waals surface area contributed by atoms with Crippen LogP contribution in [-0.4, -0.2) is 22.5 Å². The summed E-state index contributed by atoms with van der Waals surface area (Å²) < 4.78 is 44.0. The van der Waals surface area contributed by atoms with Crippen LogP contribution < -0.4 is 15.4 Å². The molecule has 2 heterocycles. The number of aliphatic imine (C=N–C) groups is 1. The number of rotatable bonds is 8. The molecule has 0 aliphatic heterocycles. The summed E-state index contributed by atoms with van der Waals surface area (Å²) in [6.07, 6.45) is -2.79. The van der Waals surface area contributed by atoms with Gasteiger partial charge in [-0.05, 0) is 18.6 Å². The van der Waals surface area contributed by atoms with Gasteiger partial charge in [0, 0.05) is 23.7 Å². The van der Waals surface area contributed by atoms with Gasteiger partial charge in [-0.1, -0.05) is 36.4 Å². The maximum absolute atomic E-state index is 12.7. The first-order chi connectivity index (χ1) is 15.0. The van der Waals surface area contributed by atoms with Crippen molar-refractivity contribution in [2.24, 2.45) is 4.99 Å². The van der Waals surface area contributed by atoms with Crippen molar-refractivity contribution in [3.05, 3.63) is 75.9 Å². The van der Waals surface area contributed by atoms with Crippen LogP contribution in [0.1, 0.15) is 28.8 Å². The Morgan fingerprint density at radius 1 is 1.13 bits per heavy atom. The Hall–Kier alpha value is -3.14. The number of pyridine rings is 1. The maximum Gasteiger partial charge on any atom is 0.434 e. The summed E-state index contributed by atoms with van der Waals surface area (Å²) in [5.41, 5.74) is 0.940. The van der Waals surface area contributed by atoms with Gasteiger partial charge in [-0.2, -0.15) is 13.2 Å². The number of halogens is 3. The van der Waals surface area contributed by atoms with Gasteiger partial charge in [0.1, 0.15) is 11.6 Å². The van der Waals surface area contributed by atoms with Gasteiger partial charge in [0.15, 0.2) is 11.7 Å². The highest BCUT2D eigenvalue weighted by atomic mass is 32.1. The van der Waals surface area contributed by atoms with Crippen LogP contribution in [0.3, 0.4) is 0 Å². The summed E-state index contributed by atoms with van der Waals surface area (Å²) in [6.45, 7) is 3.32. The smallest absolute Gasteiger partial charge is 0.434 e. The molecule has 10 heteroatoms. The van der Waals surface area contributed by atoms with Gasteiger partial charge >= 0.3 is 6.18 Å². The molecule has 2 aromatic heterocycles. The van der Waals surface area contributed by atoms with E-state index in [1.165, 1.54) is 0 Å². The molecule has 3 aromatic rings. The fourth-order valence-electron chi connectivity index (χ4n) is 2.59. The predicted molar refractivity (Wildman–Crippen MR) is 114 cm³/mol. The standard InChI is InChI=1S/C21H22F3N5OS/c1-2-25-20(28-12-18-29-17(14-31-18)21(22,23)24)27-11-16-9-6-10-26-19(16)30-13-15-7-4-3-5-8-15/h3-10,14H,2,11-13H2,1H3,(H2,25,27,28). The highest BCUT2D eigenvalue weighted by Crippen LogP contribution is 2.29. The molecule has 0 atom stereocenters. The van der Waals surface area contributed by atoms with Crippen LogP contribution in [0, 0.1) is 0 Å². The van der Waals surface area contributed by atoms with Gasteiger partial charge in [-0.15, -0.1) is 11.3 Å². The van der Waals surface area contributed by atoms with E-state index in [0.29, 0.717) is 36.5 Å².